The van der Waals surface area contributed by atoms with Crippen LogP contribution in [0.2, 0.25) is 0 Å². The fourth-order valence-electron chi connectivity index (χ4n) is 3.16. The van der Waals surface area contributed by atoms with Crippen LogP contribution in [-0.4, -0.2) is 28.8 Å². The van der Waals surface area contributed by atoms with Crippen LogP contribution in [-0.2, 0) is 16.0 Å². The summed E-state index contributed by atoms with van der Waals surface area (Å²) in [6.07, 6.45) is 0.341. The molecule has 0 radical (unpaired) electrons. The van der Waals surface area contributed by atoms with E-state index in [0.29, 0.717) is 25.2 Å². The maximum atomic E-state index is 12.6. The second-order valence-electron chi connectivity index (χ2n) is 9.00. The van der Waals surface area contributed by atoms with Crippen LogP contribution in [0.3, 0.4) is 0 Å². The van der Waals surface area contributed by atoms with Gasteiger partial charge in [-0.3, -0.25) is 9.59 Å². The molecule has 0 amide bonds. The second-order valence-corrected chi connectivity index (χ2v) is 9.00. The van der Waals surface area contributed by atoms with Crippen molar-refractivity contribution in [3.8, 4) is 0 Å². The Balaban J connectivity index is 2.73. The van der Waals surface area contributed by atoms with E-state index in [2.05, 4.69) is 0 Å². The highest BCUT2D eigenvalue weighted by molar-refractivity contribution is 5.90. The predicted molar refractivity (Wildman–Crippen MR) is 106 cm³/mol. The van der Waals surface area contributed by atoms with Gasteiger partial charge in [0.05, 0.1) is 0 Å². The van der Waals surface area contributed by atoms with Gasteiger partial charge >= 0.3 is 0 Å². The van der Waals surface area contributed by atoms with Crippen LogP contribution in [0, 0.1) is 17.3 Å². The average molecular weight is 362 g/mol. The molecule has 1 aromatic carbocycles. The van der Waals surface area contributed by atoms with Gasteiger partial charge in [-0.1, -0.05) is 65.0 Å². The molecule has 0 spiro atoms. The Morgan fingerprint density at radius 3 is 2.15 bits per heavy atom. The lowest BCUT2D eigenvalue weighted by Gasteiger charge is -2.25. The minimum absolute atomic E-state index is 0.0662. The number of Topliss-reactive ketones (excluding diaryl/α,β-unsaturated/α-hetero) is 2. The maximum Gasteiger partial charge on any atom is 0.163 e. The van der Waals surface area contributed by atoms with Gasteiger partial charge in [-0.2, -0.15) is 0 Å². The van der Waals surface area contributed by atoms with E-state index in [9.17, 15) is 14.7 Å². The second kappa shape index (κ2) is 9.98. The van der Waals surface area contributed by atoms with Crippen molar-refractivity contribution in [3.05, 3.63) is 35.9 Å². The van der Waals surface area contributed by atoms with Gasteiger partial charge in [0.25, 0.3) is 0 Å². The smallest absolute Gasteiger partial charge is 0.163 e. The van der Waals surface area contributed by atoms with Gasteiger partial charge in [0.1, 0.15) is 11.9 Å². The Bertz CT molecular complexity index is 575. The van der Waals surface area contributed by atoms with E-state index in [1.165, 1.54) is 0 Å². The van der Waals surface area contributed by atoms with Crippen molar-refractivity contribution in [1.82, 2.24) is 0 Å². The molecule has 0 aromatic heterocycles. The monoisotopic (exact) mass is 361 g/mol. The van der Waals surface area contributed by atoms with Gasteiger partial charge in [-0.05, 0) is 29.7 Å². The summed E-state index contributed by atoms with van der Waals surface area (Å²) in [5.41, 5.74) is 6.92. The van der Waals surface area contributed by atoms with E-state index >= 15 is 0 Å². The summed E-state index contributed by atoms with van der Waals surface area (Å²) in [5.74, 6) is -0.267. The largest absolute Gasteiger partial charge is 0.384 e. The van der Waals surface area contributed by atoms with Crippen LogP contribution < -0.4 is 5.73 Å². The van der Waals surface area contributed by atoms with E-state index < -0.39 is 12.1 Å². The van der Waals surface area contributed by atoms with Crippen LogP contribution in [0.4, 0.5) is 0 Å². The molecule has 3 N–H and O–H groups in total. The molecule has 1 rings (SSSR count). The fraction of sp³-hybridized carbons (Fsp3) is 0.636. The molecule has 0 bridgehead atoms. The number of rotatable bonds is 10. The van der Waals surface area contributed by atoms with Crippen molar-refractivity contribution >= 4 is 11.6 Å². The number of ketones is 2. The number of nitrogens with two attached hydrogens (primary N) is 1. The van der Waals surface area contributed by atoms with Crippen LogP contribution in [0.1, 0.15) is 59.4 Å². The zero-order valence-electron chi connectivity index (χ0n) is 16.9. The predicted octanol–water partition coefficient (Wildman–Crippen LogP) is 3.54. The maximum absolute atomic E-state index is 12.6. The lowest BCUT2D eigenvalue weighted by atomic mass is 9.80. The van der Waals surface area contributed by atoms with Crippen molar-refractivity contribution in [2.24, 2.45) is 23.0 Å². The molecule has 4 nitrogen and oxygen atoms in total. The van der Waals surface area contributed by atoms with Crippen molar-refractivity contribution in [2.45, 2.75) is 72.4 Å². The number of aliphatic hydroxyl groups excluding tert-OH is 1. The summed E-state index contributed by atoms with van der Waals surface area (Å²) in [7, 11) is 0. The summed E-state index contributed by atoms with van der Waals surface area (Å²) in [5, 5.41) is 10.4. The third-order valence-electron chi connectivity index (χ3n) is 4.41. The van der Waals surface area contributed by atoms with Crippen molar-refractivity contribution < 1.29 is 14.7 Å². The highest BCUT2D eigenvalue weighted by Gasteiger charge is 2.30. The third kappa shape index (κ3) is 8.24. The first-order chi connectivity index (χ1) is 12.0. The summed E-state index contributed by atoms with van der Waals surface area (Å²) in [6, 6.07) is 8.90. The lowest BCUT2D eigenvalue weighted by Crippen LogP contribution is -2.43. The van der Waals surface area contributed by atoms with Crippen LogP contribution in [0.25, 0.3) is 0 Å². The van der Waals surface area contributed by atoms with E-state index in [1.54, 1.807) is 0 Å². The van der Waals surface area contributed by atoms with Gasteiger partial charge < -0.3 is 10.8 Å². The zero-order chi connectivity index (χ0) is 19.9. The average Bonchev–Trinajstić information content (AvgIpc) is 2.52. The molecule has 4 heteroatoms. The molecule has 26 heavy (non-hydrogen) atoms. The van der Waals surface area contributed by atoms with Crippen LogP contribution in [0.15, 0.2) is 30.3 Å². The first-order valence-electron chi connectivity index (χ1n) is 9.52. The number of aliphatic hydroxyl groups is 1. The van der Waals surface area contributed by atoms with Crippen molar-refractivity contribution in [3.63, 3.8) is 0 Å². The normalized spacial score (nSPS) is 15.5. The minimum Gasteiger partial charge on any atom is -0.384 e. The first kappa shape index (κ1) is 22.5. The minimum atomic E-state index is -1.24. The van der Waals surface area contributed by atoms with Crippen molar-refractivity contribution in [2.75, 3.05) is 0 Å². The fourth-order valence-corrected chi connectivity index (χ4v) is 3.16. The quantitative estimate of drug-likeness (QED) is 0.668. The third-order valence-corrected chi connectivity index (χ3v) is 4.41. The molecule has 0 aliphatic heterocycles. The molecule has 0 saturated heterocycles. The molecule has 0 aliphatic carbocycles. The lowest BCUT2D eigenvalue weighted by molar-refractivity contribution is -0.134. The van der Waals surface area contributed by atoms with E-state index in [-0.39, 0.29) is 29.3 Å². The molecule has 0 fully saturated rings. The number of hydrogen-bond donors (Lipinski definition) is 2. The van der Waals surface area contributed by atoms with Gasteiger partial charge in [0.15, 0.2) is 5.78 Å². The van der Waals surface area contributed by atoms with E-state index in [0.717, 1.165) is 5.56 Å². The van der Waals surface area contributed by atoms with Crippen molar-refractivity contribution in [1.29, 1.82) is 0 Å². The summed E-state index contributed by atoms with van der Waals surface area (Å²) in [6.45, 7) is 10.1. The molecule has 1 aromatic rings. The molecular formula is C22H35NO3. The number of carbonyl (C=O) groups is 2. The summed E-state index contributed by atoms with van der Waals surface area (Å²) < 4.78 is 0. The number of hydrogen-bond acceptors (Lipinski definition) is 4. The number of carbonyl (C=O) groups excluding carboxylic acids is 2. The van der Waals surface area contributed by atoms with Crippen LogP contribution >= 0.6 is 0 Å². The molecular weight excluding hydrogens is 326 g/mol. The van der Waals surface area contributed by atoms with E-state index in [4.69, 9.17) is 5.73 Å². The highest BCUT2D eigenvalue weighted by atomic mass is 16.3. The highest BCUT2D eigenvalue weighted by Crippen LogP contribution is 2.26. The topological polar surface area (TPSA) is 80.4 Å². The van der Waals surface area contributed by atoms with E-state index in [1.807, 2.05) is 65.0 Å². The van der Waals surface area contributed by atoms with Gasteiger partial charge in [0.2, 0.25) is 0 Å². The zero-order valence-corrected chi connectivity index (χ0v) is 16.9. The molecule has 0 heterocycles. The Hall–Kier alpha value is -1.52. The molecule has 0 unspecified atom stereocenters. The Labute approximate surface area is 158 Å². The molecule has 3 atom stereocenters. The Morgan fingerprint density at radius 1 is 1.08 bits per heavy atom. The summed E-state index contributed by atoms with van der Waals surface area (Å²) in [4.78, 5) is 25.2. The van der Waals surface area contributed by atoms with Crippen LogP contribution in [0.5, 0.6) is 0 Å². The number of benzene rings is 1. The molecule has 146 valence electrons. The Kier molecular flexibility index (Phi) is 8.65. The van der Waals surface area contributed by atoms with Gasteiger partial charge in [0, 0.05) is 24.8 Å². The summed E-state index contributed by atoms with van der Waals surface area (Å²) >= 11 is 0. The first-order valence-corrected chi connectivity index (χ1v) is 9.52. The SMILES string of the molecule is CC(C)C[C@H](CC(=O)[C@@H](O)[C@H](N)Cc1ccccc1)C(=O)CC(C)(C)C. The standard InChI is InChI=1S/C22H35NO3/c1-15(2)11-17(20(25)14-22(3,4)5)13-19(24)21(26)18(23)12-16-9-7-6-8-10-16/h6-10,15,17-18,21,26H,11-14,23H2,1-5H3/t17-,18-,21+/m1/s1. The molecule has 0 saturated carbocycles. The van der Waals surface area contributed by atoms with Gasteiger partial charge in [-0.15, -0.1) is 0 Å². The van der Waals surface area contributed by atoms with Gasteiger partial charge in [-0.25, -0.2) is 0 Å². The Morgan fingerprint density at radius 2 is 1.65 bits per heavy atom. The molecule has 0 aliphatic rings.